The van der Waals surface area contributed by atoms with Gasteiger partial charge in [-0.05, 0) is 25.2 Å². The standard InChI is InChI=1S/C15H30N4O/c1-12(2)15(5,10-16-7-8-20-6)9-14-17-11-18-19(14)13(3)4/h11-13,16H,7-10H2,1-6H3. The van der Waals surface area contributed by atoms with Crippen LogP contribution in [0, 0.1) is 11.3 Å². The van der Waals surface area contributed by atoms with Crippen molar-refractivity contribution in [1.29, 1.82) is 0 Å². The van der Waals surface area contributed by atoms with E-state index in [0.29, 0.717) is 12.0 Å². The van der Waals surface area contributed by atoms with E-state index in [9.17, 15) is 0 Å². The molecule has 1 aromatic rings. The summed E-state index contributed by atoms with van der Waals surface area (Å²) in [5.41, 5.74) is 0.160. The summed E-state index contributed by atoms with van der Waals surface area (Å²) >= 11 is 0. The highest BCUT2D eigenvalue weighted by molar-refractivity contribution is 4.95. The second kappa shape index (κ2) is 7.74. The van der Waals surface area contributed by atoms with Crippen molar-refractivity contribution in [3.8, 4) is 0 Å². The van der Waals surface area contributed by atoms with Gasteiger partial charge in [0.25, 0.3) is 0 Å². The first-order valence-electron chi connectivity index (χ1n) is 7.48. The smallest absolute Gasteiger partial charge is 0.138 e. The fraction of sp³-hybridized carbons (Fsp3) is 0.867. The Hall–Kier alpha value is -0.940. The predicted molar refractivity (Wildman–Crippen MR) is 81.8 cm³/mol. The van der Waals surface area contributed by atoms with Gasteiger partial charge in [-0.25, -0.2) is 9.67 Å². The summed E-state index contributed by atoms with van der Waals surface area (Å²) in [6, 6.07) is 0.352. The van der Waals surface area contributed by atoms with Gasteiger partial charge in [0.1, 0.15) is 12.2 Å². The van der Waals surface area contributed by atoms with Gasteiger partial charge in [0.2, 0.25) is 0 Å². The topological polar surface area (TPSA) is 52.0 Å². The molecule has 0 spiro atoms. The van der Waals surface area contributed by atoms with E-state index in [1.165, 1.54) is 0 Å². The summed E-state index contributed by atoms with van der Waals surface area (Å²) in [5.74, 6) is 1.64. The van der Waals surface area contributed by atoms with E-state index in [-0.39, 0.29) is 5.41 Å². The van der Waals surface area contributed by atoms with Crippen molar-refractivity contribution in [2.24, 2.45) is 11.3 Å². The average molecular weight is 282 g/mol. The maximum absolute atomic E-state index is 5.08. The molecular formula is C15H30N4O. The number of methoxy groups -OCH3 is 1. The van der Waals surface area contributed by atoms with Gasteiger partial charge in [-0.15, -0.1) is 0 Å². The van der Waals surface area contributed by atoms with Crippen LogP contribution in [0.1, 0.15) is 46.5 Å². The maximum Gasteiger partial charge on any atom is 0.138 e. The van der Waals surface area contributed by atoms with Gasteiger partial charge in [0.05, 0.1) is 6.61 Å². The molecule has 0 aliphatic heterocycles. The lowest BCUT2D eigenvalue weighted by Gasteiger charge is -2.34. The molecule has 1 unspecified atom stereocenters. The van der Waals surface area contributed by atoms with Crippen LogP contribution in [-0.2, 0) is 11.2 Å². The molecule has 1 rings (SSSR count). The number of nitrogens with one attached hydrogen (secondary N) is 1. The largest absolute Gasteiger partial charge is 0.383 e. The second-order valence-electron chi connectivity index (χ2n) is 6.37. The van der Waals surface area contributed by atoms with Crippen molar-refractivity contribution in [3.63, 3.8) is 0 Å². The minimum Gasteiger partial charge on any atom is -0.383 e. The number of aromatic nitrogens is 3. The van der Waals surface area contributed by atoms with E-state index in [4.69, 9.17) is 4.74 Å². The zero-order valence-corrected chi connectivity index (χ0v) is 13.8. The first-order valence-corrected chi connectivity index (χ1v) is 7.48. The molecule has 1 aromatic heterocycles. The molecule has 116 valence electrons. The van der Waals surface area contributed by atoms with E-state index in [1.807, 2.05) is 4.68 Å². The van der Waals surface area contributed by atoms with E-state index in [2.05, 4.69) is 50.0 Å². The molecule has 0 fully saturated rings. The van der Waals surface area contributed by atoms with Crippen molar-refractivity contribution in [3.05, 3.63) is 12.2 Å². The third-order valence-corrected chi connectivity index (χ3v) is 4.10. The monoisotopic (exact) mass is 282 g/mol. The quantitative estimate of drug-likeness (QED) is 0.706. The lowest BCUT2D eigenvalue weighted by molar-refractivity contribution is 0.172. The predicted octanol–water partition coefficient (Wildman–Crippen LogP) is 2.30. The molecule has 0 bridgehead atoms. The molecule has 1 N–H and O–H groups in total. The summed E-state index contributed by atoms with van der Waals surface area (Å²) in [6.45, 7) is 13.7. The third-order valence-electron chi connectivity index (χ3n) is 4.10. The summed E-state index contributed by atoms with van der Waals surface area (Å²) < 4.78 is 7.11. The molecule has 1 atom stereocenters. The van der Waals surface area contributed by atoms with Gasteiger partial charge >= 0.3 is 0 Å². The lowest BCUT2D eigenvalue weighted by atomic mass is 9.76. The third kappa shape index (κ3) is 4.56. The van der Waals surface area contributed by atoms with Crippen LogP contribution in [0.15, 0.2) is 6.33 Å². The molecule has 0 saturated carbocycles. The summed E-state index contributed by atoms with van der Waals surface area (Å²) in [6.07, 6.45) is 2.59. The highest BCUT2D eigenvalue weighted by Crippen LogP contribution is 2.30. The molecule has 0 aliphatic carbocycles. The summed E-state index contributed by atoms with van der Waals surface area (Å²) in [4.78, 5) is 4.45. The molecule has 0 radical (unpaired) electrons. The second-order valence-corrected chi connectivity index (χ2v) is 6.37. The van der Waals surface area contributed by atoms with Crippen LogP contribution in [0.3, 0.4) is 0 Å². The molecule has 0 aliphatic rings. The van der Waals surface area contributed by atoms with Crippen LogP contribution in [-0.4, -0.2) is 41.6 Å². The van der Waals surface area contributed by atoms with Crippen LogP contribution in [0.25, 0.3) is 0 Å². The Morgan fingerprint density at radius 3 is 2.60 bits per heavy atom. The molecule has 5 heteroatoms. The molecule has 5 nitrogen and oxygen atoms in total. The van der Waals surface area contributed by atoms with Crippen LogP contribution < -0.4 is 5.32 Å². The zero-order chi connectivity index (χ0) is 15.2. The molecule has 1 heterocycles. The normalized spacial score (nSPS) is 15.0. The number of rotatable bonds is 9. The molecular weight excluding hydrogens is 252 g/mol. The number of hydrogen-bond acceptors (Lipinski definition) is 4. The lowest BCUT2D eigenvalue weighted by Crippen LogP contribution is -2.39. The SMILES string of the molecule is COCCNCC(C)(Cc1ncnn1C(C)C)C(C)C. The van der Waals surface area contributed by atoms with Gasteiger partial charge in [-0.2, -0.15) is 5.10 Å². The first-order chi connectivity index (χ1) is 9.40. The Labute approximate surface area is 123 Å². The minimum absolute atomic E-state index is 0.160. The fourth-order valence-electron chi connectivity index (χ4n) is 2.21. The van der Waals surface area contributed by atoms with Gasteiger partial charge in [-0.1, -0.05) is 20.8 Å². The first kappa shape index (κ1) is 17.1. The average Bonchev–Trinajstić information content (AvgIpc) is 2.82. The van der Waals surface area contributed by atoms with Gasteiger partial charge in [0.15, 0.2) is 0 Å². The van der Waals surface area contributed by atoms with Gasteiger partial charge in [-0.3, -0.25) is 0 Å². The molecule has 0 saturated heterocycles. The number of hydrogen-bond donors (Lipinski definition) is 1. The van der Waals surface area contributed by atoms with Crippen LogP contribution in [0.2, 0.25) is 0 Å². The Morgan fingerprint density at radius 2 is 2.05 bits per heavy atom. The van der Waals surface area contributed by atoms with Crippen LogP contribution >= 0.6 is 0 Å². The van der Waals surface area contributed by atoms with Crippen molar-refractivity contribution in [1.82, 2.24) is 20.1 Å². The molecule has 0 aromatic carbocycles. The summed E-state index contributed by atoms with van der Waals surface area (Å²) in [7, 11) is 1.73. The van der Waals surface area contributed by atoms with E-state index in [1.54, 1.807) is 13.4 Å². The van der Waals surface area contributed by atoms with Crippen molar-refractivity contribution in [2.45, 2.75) is 47.1 Å². The summed E-state index contributed by atoms with van der Waals surface area (Å²) in [5, 5.41) is 7.82. The van der Waals surface area contributed by atoms with E-state index < -0.39 is 0 Å². The van der Waals surface area contributed by atoms with Crippen LogP contribution in [0.5, 0.6) is 0 Å². The Bertz CT molecular complexity index is 389. The molecule has 20 heavy (non-hydrogen) atoms. The van der Waals surface area contributed by atoms with Crippen LogP contribution in [0.4, 0.5) is 0 Å². The minimum atomic E-state index is 0.160. The number of nitrogens with zero attached hydrogens (tertiary/aromatic N) is 3. The Balaban J connectivity index is 2.72. The van der Waals surface area contributed by atoms with Crippen molar-refractivity contribution >= 4 is 0 Å². The van der Waals surface area contributed by atoms with E-state index >= 15 is 0 Å². The van der Waals surface area contributed by atoms with E-state index in [0.717, 1.165) is 31.9 Å². The van der Waals surface area contributed by atoms with Gasteiger partial charge in [0, 0.05) is 32.7 Å². The fourth-order valence-corrected chi connectivity index (χ4v) is 2.21. The highest BCUT2D eigenvalue weighted by atomic mass is 16.5. The Morgan fingerprint density at radius 1 is 1.35 bits per heavy atom. The molecule has 0 amide bonds. The maximum atomic E-state index is 5.08. The van der Waals surface area contributed by atoms with Crippen molar-refractivity contribution < 1.29 is 4.74 Å². The Kier molecular flexibility index (Phi) is 6.62. The highest BCUT2D eigenvalue weighted by Gasteiger charge is 2.30. The number of ether oxygens (including phenoxy) is 1. The van der Waals surface area contributed by atoms with Crippen molar-refractivity contribution in [2.75, 3.05) is 26.8 Å². The van der Waals surface area contributed by atoms with Gasteiger partial charge < -0.3 is 10.1 Å². The zero-order valence-electron chi connectivity index (χ0n) is 13.8.